The normalized spacial score (nSPS) is 11.5. The van der Waals surface area contributed by atoms with Crippen molar-refractivity contribution in [3.05, 3.63) is 28.7 Å². The number of benzene rings is 1. The first kappa shape index (κ1) is 17.0. The van der Waals surface area contributed by atoms with E-state index in [1.54, 1.807) is 24.3 Å². The largest absolute Gasteiger partial charge is 0.481 e. The number of carboxylic acids is 1. The molecular weight excluding hydrogens is 344 g/mol. The third-order valence-corrected chi connectivity index (χ3v) is 2.99. The zero-order valence-corrected chi connectivity index (χ0v) is 12.9. The molecule has 0 spiro atoms. The number of carboxylic acid groups (broad SMARTS) is 1. The fourth-order valence-electron chi connectivity index (χ4n) is 1.59. The zero-order valence-electron chi connectivity index (χ0n) is 11.3. The number of carbonyl (C=O) groups is 3. The summed E-state index contributed by atoms with van der Waals surface area (Å²) >= 11 is 3.27. The Morgan fingerprint density at radius 3 is 2.33 bits per heavy atom. The molecule has 2 amide bonds. The molecule has 1 aromatic carbocycles. The van der Waals surface area contributed by atoms with Gasteiger partial charge in [-0.25, -0.2) is 0 Å². The van der Waals surface area contributed by atoms with E-state index in [0.717, 1.165) is 9.37 Å². The number of rotatable bonds is 7. The van der Waals surface area contributed by atoms with E-state index in [1.165, 1.54) is 6.92 Å². The van der Waals surface area contributed by atoms with Crippen LogP contribution in [0, 0.1) is 0 Å². The standard InChI is InChI=1S/C13H15BrN2O5/c1-8(21-10-4-2-9(14)3-5-10)13(20)16(6-11(15)17)7-12(18)19/h2-5,8H,6-7H2,1H3,(H2,15,17)(H,18,19). The van der Waals surface area contributed by atoms with Crippen LogP contribution in [0.5, 0.6) is 5.75 Å². The fraction of sp³-hybridized carbons (Fsp3) is 0.308. The van der Waals surface area contributed by atoms with Crippen LogP contribution in [0.2, 0.25) is 0 Å². The second kappa shape index (κ2) is 7.63. The Bertz CT molecular complexity index is 516. The van der Waals surface area contributed by atoms with Gasteiger partial charge in [-0.2, -0.15) is 0 Å². The van der Waals surface area contributed by atoms with Gasteiger partial charge < -0.3 is 20.5 Å². The predicted molar refractivity (Wildman–Crippen MR) is 77.6 cm³/mol. The molecule has 0 heterocycles. The molecule has 114 valence electrons. The van der Waals surface area contributed by atoms with Crippen molar-refractivity contribution in [2.24, 2.45) is 5.73 Å². The number of primary amides is 1. The number of halogens is 1. The quantitative estimate of drug-likeness (QED) is 0.742. The Labute approximate surface area is 129 Å². The second-order valence-corrected chi connectivity index (χ2v) is 5.18. The van der Waals surface area contributed by atoms with E-state index in [-0.39, 0.29) is 0 Å². The van der Waals surface area contributed by atoms with Gasteiger partial charge >= 0.3 is 5.97 Å². The maximum absolute atomic E-state index is 12.1. The van der Waals surface area contributed by atoms with Crippen LogP contribution in [-0.4, -0.2) is 47.0 Å². The molecule has 0 fully saturated rings. The molecule has 1 aromatic rings. The first-order valence-electron chi connectivity index (χ1n) is 6.00. The Balaban J connectivity index is 2.74. The van der Waals surface area contributed by atoms with Crippen molar-refractivity contribution in [1.29, 1.82) is 0 Å². The maximum Gasteiger partial charge on any atom is 0.323 e. The molecule has 1 unspecified atom stereocenters. The predicted octanol–water partition coefficient (Wildman–Crippen LogP) is 0.615. The van der Waals surface area contributed by atoms with Crippen LogP contribution < -0.4 is 10.5 Å². The number of aliphatic carboxylic acids is 1. The minimum absolute atomic E-state index is 0.452. The summed E-state index contributed by atoms with van der Waals surface area (Å²) in [5, 5.41) is 8.76. The summed E-state index contributed by atoms with van der Waals surface area (Å²) in [6, 6.07) is 6.79. The molecule has 3 N–H and O–H groups in total. The van der Waals surface area contributed by atoms with Crippen molar-refractivity contribution in [3.63, 3.8) is 0 Å². The van der Waals surface area contributed by atoms with E-state index in [4.69, 9.17) is 15.6 Å². The van der Waals surface area contributed by atoms with E-state index in [0.29, 0.717) is 5.75 Å². The van der Waals surface area contributed by atoms with E-state index in [2.05, 4.69) is 15.9 Å². The summed E-state index contributed by atoms with van der Waals surface area (Å²) in [4.78, 5) is 34.6. The average molecular weight is 359 g/mol. The van der Waals surface area contributed by atoms with Gasteiger partial charge in [-0.1, -0.05) is 15.9 Å². The number of nitrogens with zero attached hydrogens (tertiary/aromatic N) is 1. The van der Waals surface area contributed by atoms with Gasteiger partial charge in [0, 0.05) is 4.47 Å². The number of nitrogens with two attached hydrogens (primary N) is 1. The Kier molecular flexibility index (Phi) is 6.16. The molecule has 0 aliphatic heterocycles. The maximum atomic E-state index is 12.1. The molecular formula is C13H15BrN2O5. The van der Waals surface area contributed by atoms with Crippen molar-refractivity contribution in [2.45, 2.75) is 13.0 Å². The Morgan fingerprint density at radius 1 is 1.29 bits per heavy atom. The summed E-state index contributed by atoms with van der Waals surface area (Å²) in [6.07, 6.45) is -0.940. The van der Waals surface area contributed by atoms with Crippen LogP contribution in [0.25, 0.3) is 0 Å². The molecule has 1 atom stereocenters. The summed E-state index contributed by atoms with van der Waals surface area (Å²) in [6.45, 7) is 0.384. The monoisotopic (exact) mass is 358 g/mol. The van der Waals surface area contributed by atoms with Gasteiger partial charge in [0.2, 0.25) is 5.91 Å². The Hall–Kier alpha value is -2.09. The van der Waals surface area contributed by atoms with Crippen molar-refractivity contribution < 1.29 is 24.2 Å². The minimum atomic E-state index is -1.24. The highest BCUT2D eigenvalue weighted by Crippen LogP contribution is 2.17. The number of carbonyl (C=O) groups excluding carboxylic acids is 2. The first-order valence-corrected chi connectivity index (χ1v) is 6.80. The van der Waals surface area contributed by atoms with Gasteiger partial charge in [0.1, 0.15) is 18.8 Å². The van der Waals surface area contributed by atoms with E-state index in [1.807, 2.05) is 0 Å². The minimum Gasteiger partial charge on any atom is -0.481 e. The molecule has 0 bridgehead atoms. The molecule has 0 radical (unpaired) electrons. The Morgan fingerprint density at radius 2 is 1.86 bits per heavy atom. The van der Waals surface area contributed by atoms with Crippen LogP contribution in [0.15, 0.2) is 28.7 Å². The summed E-state index contributed by atoms with van der Waals surface area (Å²) < 4.78 is 6.27. The van der Waals surface area contributed by atoms with Crippen LogP contribution in [0.4, 0.5) is 0 Å². The topological polar surface area (TPSA) is 110 Å². The van der Waals surface area contributed by atoms with Gasteiger partial charge in [0.25, 0.3) is 5.91 Å². The lowest BCUT2D eigenvalue weighted by Crippen LogP contribution is -2.46. The van der Waals surface area contributed by atoms with Crippen LogP contribution >= 0.6 is 15.9 Å². The van der Waals surface area contributed by atoms with Gasteiger partial charge in [-0.05, 0) is 31.2 Å². The van der Waals surface area contributed by atoms with Gasteiger partial charge in [-0.3, -0.25) is 14.4 Å². The molecule has 0 aromatic heterocycles. The lowest BCUT2D eigenvalue weighted by molar-refractivity contribution is -0.148. The van der Waals surface area contributed by atoms with Crippen LogP contribution in [0.1, 0.15) is 6.92 Å². The number of hydrogen-bond donors (Lipinski definition) is 2. The lowest BCUT2D eigenvalue weighted by Gasteiger charge is -2.23. The van der Waals surface area contributed by atoms with Crippen LogP contribution in [-0.2, 0) is 14.4 Å². The van der Waals surface area contributed by atoms with Gasteiger partial charge in [0.15, 0.2) is 6.10 Å². The highest BCUT2D eigenvalue weighted by Gasteiger charge is 2.25. The van der Waals surface area contributed by atoms with Crippen molar-refractivity contribution in [1.82, 2.24) is 4.90 Å². The highest BCUT2D eigenvalue weighted by atomic mass is 79.9. The van der Waals surface area contributed by atoms with E-state index in [9.17, 15) is 14.4 Å². The molecule has 8 heteroatoms. The third kappa shape index (κ3) is 5.82. The molecule has 7 nitrogen and oxygen atoms in total. The van der Waals surface area contributed by atoms with Crippen molar-refractivity contribution >= 4 is 33.7 Å². The molecule has 0 aliphatic carbocycles. The van der Waals surface area contributed by atoms with Gasteiger partial charge in [0.05, 0.1) is 0 Å². The van der Waals surface area contributed by atoms with Crippen LogP contribution in [0.3, 0.4) is 0 Å². The molecule has 21 heavy (non-hydrogen) atoms. The average Bonchev–Trinajstić information content (AvgIpc) is 2.38. The summed E-state index contributed by atoms with van der Waals surface area (Å²) in [7, 11) is 0. The zero-order chi connectivity index (χ0) is 16.0. The summed E-state index contributed by atoms with van der Waals surface area (Å²) in [5.41, 5.74) is 5.00. The molecule has 0 saturated heterocycles. The van der Waals surface area contributed by atoms with Crippen molar-refractivity contribution in [2.75, 3.05) is 13.1 Å². The first-order chi connectivity index (χ1) is 9.79. The molecule has 0 saturated carbocycles. The van der Waals surface area contributed by atoms with E-state index >= 15 is 0 Å². The molecule has 1 rings (SSSR count). The highest BCUT2D eigenvalue weighted by molar-refractivity contribution is 9.10. The third-order valence-electron chi connectivity index (χ3n) is 2.46. The van der Waals surface area contributed by atoms with Crippen molar-refractivity contribution in [3.8, 4) is 5.75 Å². The number of ether oxygens (including phenoxy) is 1. The van der Waals surface area contributed by atoms with Gasteiger partial charge in [-0.15, -0.1) is 0 Å². The second-order valence-electron chi connectivity index (χ2n) is 4.27. The number of amides is 2. The lowest BCUT2D eigenvalue weighted by atomic mass is 10.3. The fourth-order valence-corrected chi connectivity index (χ4v) is 1.85. The molecule has 0 aliphatic rings. The summed E-state index contributed by atoms with van der Waals surface area (Å²) in [5.74, 6) is -2.20. The smallest absolute Gasteiger partial charge is 0.323 e. The van der Waals surface area contributed by atoms with E-state index < -0.39 is 37.0 Å². The number of hydrogen-bond acceptors (Lipinski definition) is 4. The SMILES string of the molecule is CC(Oc1ccc(Br)cc1)C(=O)N(CC(N)=O)CC(=O)O.